The number of benzene rings is 1. The minimum atomic E-state index is -0.571. The summed E-state index contributed by atoms with van der Waals surface area (Å²) in [6.07, 6.45) is -0.518. The second-order valence-corrected chi connectivity index (χ2v) is 9.17. The highest BCUT2D eigenvalue weighted by atomic mass is 16.5. The van der Waals surface area contributed by atoms with E-state index in [4.69, 9.17) is 4.74 Å². The molecule has 0 unspecified atom stereocenters. The maximum absolute atomic E-state index is 13.0. The smallest absolute Gasteiger partial charge is 0.267 e. The second kappa shape index (κ2) is 7.93. The van der Waals surface area contributed by atoms with E-state index >= 15 is 0 Å². The lowest BCUT2D eigenvalue weighted by atomic mass is 9.95. The molecular formula is C23H30N4O4. The molecule has 1 amide bonds. The van der Waals surface area contributed by atoms with Crippen molar-refractivity contribution in [2.24, 2.45) is 11.3 Å². The van der Waals surface area contributed by atoms with E-state index in [0.717, 1.165) is 32.8 Å². The summed E-state index contributed by atoms with van der Waals surface area (Å²) in [4.78, 5) is 29.2. The third kappa shape index (κ3) is 3.52. The van der Waals surface area contributed by atoms with Crippen LogP contribution in [0.2, 0.25) is 0 Å². The highest BCUT2D eigenvalue weighted by Gasteiger charge is 2.71. The first-order valence-electron chi connectivity index (χ1n) is 11.1. The molecule has 1 aromatic carbocycles. The molecule has 3 aliphatic rings. The Morgan fingerprint density at radius 3 is 2.65 bits per heavy atom. The van der Waals surface area contributed by atoms with Crippen molar-refractivity contribution in [1.82, 2.24) is 20.0 Å². The van der Waals surface area contributed by atoms with E-state index in [-0.39, 0.29) is 35.1 Å². The van der Waals surface area contributed by atoms with Gasteiger partial charge in [-0.2, -0.15) is 0 Å². The number of morpholine rings is 1. The van der Waals surface area contributed by atoms with Gasteiger partial charge in [0.25, 0.3) is 5.56 Å². The molecule has 0 bridgehead atoms. The largest absolute Gasteiger partial charge is 0.391 e. The first-order chi connectivity index (χ1) is 15.0. The lowest BCUT2D eigenvalue weighted by Gasteiger charge is -2.27. The number of hydrogen-bond donors (Lipinski definition) is 3. The number of aryl methyl sites for hydroxylation is 1. The molecule has 3 fully saturated rings. The third-order valence-electron chi connectivity index (χ3n) is 7.53. The number of amides is 1. The number of β-amino-alcohol motifs (C(OH)–C–C–N with tert-alkyl or cyclic N) is 1. The number of aromatic nitrogens is 2. The number of nitrogens with zero attached hydrogens (tertiary/aromatic N) is 2. The van der Waals surface area contributed by atoms with Crippen LogP contribution in [0.25, 0.3) is 0 Å². The van der Waals surface area contributed by atoms with Crippen LogP contribution in [0.3, 0.4) is 0 Å². The monoisotopic (exact) mass is 426 g/mol. The molecule has 8 nitrogen and oxygen atoms in total. The van der Waals surface area contributed by atoms with E-state index in [9.17, 15) is 14.7 Å². The maximum Gasteiger partial charge on any atom is 0.267 e. The van der Waals surface area contributed by atoms with Gasteiger partial charge >= 0.3 is 0 Å². The van der Waals surface area contributed by atoms with Gasteiger partial charge in [0.1, 0.15) is 0 Å². The average Bonchev–Trinajstić information content (AvgIpc) is 3.10. The van der Waals surface area contributed by atoms with Crippen LogP contribution in [-0.2, 0) is 16.0 Å². The highest BCUT2D eigenvalue weighted by Crippen LogP contribution is 2.69. The van der Waals surface area contributed by atoms with Gasteiger partial charge in [-0.25, -0.2) is 0 Å². The number of ether oxygens (including phenoxy) is 1. The van der Waals surface area contributed by atoms with Crippen LogP contribution in [0, 0.1) is 18.3 Å². The molecule has 3 N–H and O–H groups in total. The normalized spacial score (nSPS) is 30.8. The standard InChI is InChI=1S/C23H30N4O4/c1-15-17(22(30)25-24-15)11-20(29)27-13-19(28)23(14-27)18(12-26-7-9-31-10-8-26)21(23)16-5-3-2-4-6-16/h2-6,18-19,21,28H,7-14H2,1H3,(H2,24,25,30)/t18-,19+,21-,23-/m1/s1. The second-order valence-electron chi connectivity index (χ2n) is 9.17. The van der Waals surface area contributed by atoms with Crippen LogP contribution in [0.1, 0.15) is 22.7 Å². The number of carbonyl (C=O) groups excluding carboxylic acids is 1. The van der Waals surface area contributed by atoms with Gasteiger partial charge in [-0.1, -0.05) is 30.3 Å². The zero-order chi connectivity index (χ0) is 21.6. The summed E-state index contributed by atoms with van der Waals surface area (Å²) in [6.45, 7) is 6.84. The number of aromatic amines is 2. The van der Waals surface area contributed by atoms with Gasteiger partial charge in [0, 0.05) is 49.4 Å². The Hall–Kier alpha value is -2.42. The quantitative estimate of drug-likeness (QED) is 0.646. The molecule has 31 heavy (non-hydrogen) atoms. The predicted octanol–water partition coefficient (Wildman–Crippen LogP) is 0.489. The zero-order valence-electron chi connectivity index (χ0n) is 17.8. The number of carbonyl (C=O) groups is 1. The molecule has 2 aromatic rings. The number of nitrogens with one attached hydrogen (secondary N) is 2. The Labute approximate surface area is 181 Å². The van der Waals surface area contributed by atoms with Crippen molar-refractivity contribution < 1.29 is 14.6 Å². The van der Waals surface area contributed by atoms with Gasteiger partial charge < -0.3 is 19.8 Å². The summed E-state index contributed by atoms with van der Waals surface area (Å²) >= 11 is 0. The van der Waals surface area contributed by atoms with Crippen LogP contribution in [0.5, 0.6) is 0 Å². The van der Waals surface area contributed by atoms with Crippen LogP contribution in [-0.4, -0.2) is 83.1 Å². The Bertz CT molecular complexity index is 997. The van der Waals surface area contributed by atoms with Gasteiger partial charge in [0.2, 0.25) is 5.91 Å². The van der Waals surface area contributed by atoms with Crippen LogP contribution < -0.4 is 5.56 Å². The van der Waals surface area contributed by atoms with Crippen LogP contribution >= 0.6 is 0 Å². The number of rotatable bonds is 5. The minimum Gasteiger partial charge on any atom is -0.391 e. The van der Waals surface area contributed by atoms with E-state index in [0.29, 0.717) is 24.3 Å². The van der Waals surface area contributed by atoms with Gasteiger partial charge in [-0.05, 0) is 24.3 Å². The molecule has 5 rings (SSSR count). The summed E-state index contributed by atoms with van der Waals surface area (Å²) in [6, 6.07) is 10.3. The van der Waals surface area contributed by atoms with Crippen molar-refractivity contribution >= 4 is 5.91 Å². The number of H-pyrrole nitrogens is 2. The van der Waals surface area contributed by atoms with Gasteiger partial charge in [0.15, 0.2) is 0 Å². The maximum atomic E-state index is 13.0. The highest BCUT2D eigenvalue weighted by molar-refractivity contribution is 5.79. The van der Waals surface area contributed by atoms with Crippen molar-refractivity contribution in [3.63, 3.8) is 0 Å². The first-order valence-corrected chi connectivity index (χ1v) is 11.1. The van der Waals surface area contributed by atoms with Crippen LogP contribution in [0.4, 0.5) is 0 Å². The van der Waals surface area contributed by atoms with Crippen molar-refractivity contribution in [2.45, 2.75) is 25.4 Å². The molecule has 1 aliphatic carbocycles. The molecule has 8 heteroatoms. The number of hydrogen-bond acceptors (Lipinski definition) is 5. The molecule has 2 saturated heterocycles. The van der Waals surface area contributed by atoms with Gasteiger partial charge in [-0.15, -0.1) is 0 Å². The summed E-state index contributed by atoms with van der Waals surface area (Å²) in [5, 5.41) is 16.5. The molecule has 3 heterocycles. The topological polar surface area (TPSA) is 102 Å². The summed E-state index contributed by atoms with van der Waals surface area (Å²) in [5.41, 5.74) is 1.81. The molecule has 4 atom stereocenters. The number of aliphatic hydroxyl groups excluding tert-OH is 1. The van der Waals surface area contributed by atoms with Crippen molar-refractivity contribution in [3.05, 3.63) is 57.5 Å². The number of aliphatic hydroxyl groups is 1. The predicted molar refractivity (Wildman–Crippen MR) is 115 cm³/mol. The molecule has 1 aromatic heterocycles. The van der Waals surface area contributed by atoms with E-state index in [1.807, 2.05) is 18.2 Å². The van der Waals surface area contributed by atoms with Crippen molar-refractivity contribution in [2.75, 3.05) is 45.9 Å². The average molecular weight is 427 g/mol. The van der Waals surface area contributed by atoms with Crippen LogP contribution in [0.15, 0.2) is 35.1 Å². The fourth-order valence-electron chi connectivity index (χ4n) is 5.77. The Balaban J connectivity index is 1.37. The SMILES string of the molecule is Cc1[nH][nH]c(=O)c1CC(=O)N1C[C@H](O)[C@@]2(C1)[C@H](CN1CCOCC1)[C@H]2c1ccccc1. The zero-order valence-corrected chi connectivity index (χ0v) is 17.8. The van der Waals surface area contributed by atoms with Crippen molar-refractivity contribution in [3.8, 4) is 0 Å². The van der Waals surface area contributed by atoms with Gasteiger partial charge in [-0.3, -0.25) is 19.6 Å². The summed E-state index contributed by atoms with van der Waals surface area (Å²) in [5.74, 6) is 0.410. The molecule has 1 spiro atoms. The molecule has 0 radical (unpaired) electrons. The Morgan fingerprint density at radius 1 is 1.23 bits per heavy atom. The van der Waals surface area contributed by atoms with E-state index in [2.05, 4.69) is 27.2 Å². The Morgan fingerprint density at radius 2 is 1.97 bits per heavy atom. The van der Waals surface area contributed by atoms with E-state index in [1.54, 1.807) is 11.8 Å². The summed E-state index contributed by atoms with van der Waals surface area (Å²) < 4.78 is 5.49. The fourth-order valence-corrected chi connectivity index (χ4v) is 5.77. The lowest BCUT2D eigenvalue weighted by molar-refractivity contribution is -0.129. The molecule has 2 aliphatic heterocycles. The molecule has 166 valence electrons. The Kier molecular flexibility index (Phi) is 5.24. The fraction of sp³-hybridized carbons (Fsp3) is 0.565. The molecular weight excluding hydrogens is 396 g/mol. The minimum absolute atomic E-state index is 0.0532. The number of likely N-dealkylation sites (tertiary alicyclic amines) is 1. The van der Waals surface area contributed by atoms with E-state index in [1.165, 1.54) is 5.56 Å². The van der Waals surface area contributed by atoms with Gasteiger partial charge in [0.05, 0.1) is 25.7 Å². The molecule has 1 saturated carbocycles. The van der Waals surface area contributed by atoms with E-state index < -0.39 is 6.10 Å². The lowest BCUT2D eigenvalue weighted by Crippen LogP contribution is -2.39. The summed E-state index contributed by atoms with van der Waals surface area (Å²) in [7, 11) is 0. The third-order valence-corrected chi connectivity index (χ3v) is 7.53. The first kappa shape index (κ1) is 20.5. The van der Waals surface area contributed by atoms with Crippen molar-refractivity contribution in [1.29, 1.82) is 0 Å².